The highest BCUT2D eigenvalue weighted by Crippen LogP contribution is 2.24. The minimum Gasteiger partial charge on any atom is -0.478 e. The van der Waals surface area contributed by atoms with Gasteiger partial charge >= 0.3 is 5.97 Å². The molecule has 0 saturated heterocycles. The molecule has 0 aliphatic heterocycles. The number of anilines is 3. The average molecular weight is 287 g/mol. The predicted molar refractivity (Wildman–Crippen MR) is 80.9 cm³/mol. The van der Waals surface area contributed by atoms with Gasteiger partial charge in [-0.05, 0) is 24.1 Å². The molecular weight excluding hydrogens is 270 g/mol. The summed E-state index contributed by atoms with van der Waals surface area (Å²) in [7, 11) is 1.65. The number of hydrogen-bond donors (Lipinski definition) is 3. The van der Waals surface area contributed by atoms with Crippen molar-refractivity contribution in [3.05, 3.63) is 47.7 Å². The number of methoxy groups -OCH3 is 1. The largest absolute Gasteiger partial charge is 0.478 e. The molecule has 0 unspecified atom stereocenters. The highest BCUT2D eigenvalue weighted by atomic mass is 16.5. The number of carbonyl (C=O) groups is 1. The molecule has 0 aliphatic rings. The minimum atomic E-state index is -1.05. The van der Waals surface area contributed by atoms with Crippen molar-refractivity contribution in [2.75, 3.05) is 24.8 Å². The number of pyridine rings is 1. The van der Waals surface area contributed by atoms with Crippen LogP contribution in [0.3, 0.4) is 0 Å². The van der Waals surface area contributed by atoms with E-state index in [-0.39, 0.29) is 11.3 Å². The molecule has 21 heavy (non-hydrogen) atoms. The second-order valence-corrected chi connectivity index (χ2v) is 4.49. The minimum absolute atomic E-state index is 0.0609. The van der Waals surface area contributed by atoms with Gasteiger partial charge in [0.25, 0.3) is 0 Å². The Balaban J connectivity index is 2.24. The van der Waals surface area contributed by atoms with Gasteiger partial charge in [-0.15, -0.1) is 0 Å². The van der Waals surface area contributed by atoms with E-state index in [0.29, 0.717) is 12.4 Å². The van der Waals surface area contributed by atoms with Crippen LogP contribution in [0.2, 0.25) is 0 Å². The normalized spacial score (nSPS) is 10.3. The lowest BCUT2D eigenvalue weighted by Gasteiger charge is -2.13. The van der Waals surface area contributed by atoms with Gasteiger partial charge in [-0.2, -0.15) is 0 Å². The second kappa shape index (κ2) is 6.71. The van der Waals surface area contributed by atoms with Gasteiger partial charge in [-0.25, -0.2) is 9.78 Å². The van der Waals surface area contributed by atoms with Crippen molar-refractivity contribution in [1.82, 2.24) is 4.98 Å². The summed E-state index contributed by atoms with van der Waals surface area (Å²) >= 11 is 0. The zero-order valence-corrected chi connectivity index (χ0v) is 11.7. The van der Waals surface area contributed by atoms with Crippen LogP contribution in [0.4, 0.5) is 17.2 Å². The predicted octanol–water partition coefficient (Wildman–Crippen LogP) is 2.29. The number of aromatic carboxylic acids is 1. The Kier molecular flexibility index (Phi) is 4.73. The first kappa shape index (κ1) is 14.8. The molecule has 2 aromatic rings. The standard InChI is InChI=1S/C15H17N3O3/c1-21-7-6-10-4-2-3-5-13(10)18-14-12(16)8-11(9-17-14)15(19)20/h2-5,8-9H,6-7,16H2,1H3,(H,17,18)(H,19,20). The van der Waals surface area contributed by atoms with Crippen LogP contribution in [0.1, 0.15) is 15.9 Å². The van der Waals surface area contributed by atoms with Crippen molar-refractivity contribution in [1.29, 1.82) is 0 Å². The van der Waals surface area contributed by atoms with Crippen LogP contribution >= 0.6 is 0 Å². The molecular formula is C15H17N3O3. The highest BCUT2D eigenvalue weighted by molar-refractivity contribution is 5.89. The van der Waals surface area contributed by atoms with E-state index in [1.54, 1.807) is 7.11 Å². The van der Waals surface area contributed by atoms with E-state index in [1.165, 1.54) is 12.3 Å². The quantitative estimate of drug-likeness (QED) is 0.754. The third-order valence-electron chi connectivity index (χ3n) is 3.01. The third kappa shape index (κ3) is 3.70. The van der Waals surface area contributed by atoms with E-state index in [4.69, 9.17) is 15.6 Å². The highest BCUT2D eigenvalue weighted by Gasteiger charge is 2.09. The number of aromatic nitrogens is 1. The van der Waals surface area contributed by atoms with Crippen LogP contribution in [0.15, 0.2) is 36.5 Å². The first-order valence-electron chi connectivity index (χ1n) is 6.44. The van der Waals surface area contributed by atoms with Crippen molar-refractivity contribution >= 4 is 23.2 Å². The molecule has 2 rings (SSSR count). The molecule has 6 heteroatoms. The molecule has 1 aromatic heterocycles. The summed E-state index contributed by atoms with van der Waals surface area (Å²) in [5, 5.41) is 12.0. The molecule has 1 aromatic carbocycles. The number of benzene rings is 1. The van der Waals surface area contributed by atoms with Gasteiger partial charge in [-0.1, -0.05) is 18.2 Å². The van der Waals surface area contributed by atoms with E-state index in [0.717, 1.165) is 17.7 Å². The van der Waals surface area contributed by atoms with Gasteiger partial charge < -0.3 is 20.9 Å². The number of rotatable bonds is 6. The molecule has 0 amide bonds. The summed E-state index contributed by atoms with van der Waals surface area (Å²) < 4.78 is 5.08. The van der Waals surface area contributed by atoms with Gasteiger partial charge in [0.05, 0.1) is 17.9 Å². The number of hydrogen-bond acceptors (Lipinski definition) is 5. The number of ether oxygens (including phenoxy) is 1. The molecule has 0 saturated carbocycles. The maximum Gasteiger partial charge on any atom is 0.337 e. The lowest BCUT2D eigenvalue weighted by Crippen LogP contribution is -2.05. The summed E-state index contributed by atoms with van der Waals surface area (Å²) in [5.74, 6) is -0.619. The number of nitrogens with one attached hydrogen (secondary N) is 1. The van der Waals surface area contributed by atoms with E-state index < -0.39 is 5.97 Å². The summed E-state index contributed by atoms with van der Waals surface area (Å²) in [6.45, 7) is 0.611. The summed E-state index contributed by atoms with van der Waals surface area (Å²) in [4.78, 5) is 14.9. The van der Waals surface area contributed by atoms with Crippen LogP contribution in [-0.4, -0.2) is 29.8 Å². The fraction of sp³-hybridized carbons (Fsp3) is 0.200. The molecule has 0 radical (unpaired) electrons. The third-order valence-corrected chi connectivity index (χ3v) is 3.01. The first-order valence-corrected chi connectivity index (χ1v) is 6.44. The molecule has 0 atom stereocenters. The van der Waals surface area contributed by atoms with Crippen LogP contribution < -0.4 is 11.1 Å². The van der Waals surface area contributed by atoms with Crippen molar-refractivity contribution in [2.24, 2.45) is 0 Å². The van der Waals surface area contributed by atoms with Gasteiger partial charge in [0, 0.05) is 19.0 Å². The Morgan fingerprint density at radius 1 is 1.43 bits per heavy atom. The molecule has 0 aliphatic carbocycles. The van der Waals surface area contributed by atoms with Crippen molar-refractivity contribution in [2.45, 2.75) is 6.42 Å². The van der Waals surface area contributed by atoms with Crippen LogP contribution in [-0.2, 0) is 11.2 Å². The number of nitrogens with two attached hydrogens (primary N) is 1. The number of carboxylic acid groups (broad SMARTS) is 1. The van der Waals surface area contributed by atoms with E-state index >= 15 is 0 Å². The number of nitrogen functional groups attached to an aromatic ring is 1. The fourth-order valence-electron chi connectivity index (χ4n) is 1.90. The van der Waals surface area contributed by atoms with Crippen molar-refractivity contribution in [3.8, 4) is 0 Å². The number of carboxylic acids is 1. The Morgan fingerprint density at radius 3 is 2.86 bits per heavy atom. The summed E-state index contributed by atoms with van der Waals surface area (Å²) in [6, 6.07) is 9.14. The molecule has 4 N–H and O–H groups in total. The van der Waals surface area contributed by atoms with Crippen LogP contribution in [0, 0.1) is 0 Å². The SMILES string of the molecule is COCCc1ccccc1Nc1ncc(C(=O)O)cc1N. The molecule has 1 heterocycles. The maximum absolute atomic E-state index is 10.9. The van der Waals surface area contributed by atoms with Crippen LogP contribution in [0.25, 0.3) is 0 Å². The first-order chi connectivity index (χ1) is 10.1. The lowest BCUT2D eigenvalue weighted by molar-refractivity contribution is 0.0696. The zero-order valence-electron chi connectivity index (χ0n) is 11.7. The van der Waals surface area contributed by atoms with E-state index in [2.05, 4.69) is 10.3 Å². The molecule has 6 nitrogen and oxygen atoms in total. The molecule has 0 bridgehead atoms. The zero-order chi connectivity index (χ0) is 15.2. The fourth-order valence-corrected chi connectivity index (χ4v) is 1.90. The topological polar surface area (TPSA) is 97.5 Å². The number of nitrogens with zero attached hydrogens (tertiary/aromatic N) is 1. The second-order valence-electron chi connectivity index (χ2n) is 4.49. The molecule has 110 valence electrons. The number of para-hydroxylation sites is 1. The van der Waals surface area contributed by atoms with Gasteiger partial charge in [0.1, 0.15) is 0 Å². The summed E-state index contributed by atoms with van der Waals surface area (Å²) in [5.41, 5.74) is 8.14. The Bertz CT molecular complexity index is 644. The van der Waals surface area contributed by atoms with Gasteiger partial charge in [-0.3, -0.25) is 0 Å². The van der Waals surface area contributed by atoms with Crippen molar-refractivity contribution < 1.29 is 14.6 Å². The van der Waals surface area contributed by atoms with Crippen LogP contribution in [0.5, 0.6) is 0 Å². The van der Waals surface area contributed by atoms with E-state index in [9.17, 15) is 4.79 Å². The van der Waals surface area contributed by atoms with Gasteiger partial charge in [0.2, 0.25) is 0 Å². The molecule has 0 fully saturated rings. The Labute approximate surface area is 122 Å². The maximum atomic E-state index is 10.9. The Morgan fingerprint density at radius 2 is 2.19 bits per heavy atom. The molecule has 0 spiro atoms. The Hall–Kier alpha value is -2.60. The van der Waals surface area contributed by atoms with Gasteiger partial charge in [0.15, 0.2) is 5.82 Å². The lowest BCUT2D eigenvalue weighted by atomic mass is 10.1. The van der Waals surface area contributed by atoms with Crippen molar-refractivity contribution in [3.63, 3.8) is 0 Å². The monoisotopic (exact) mass is 287 g/mol. The average Bonchev–Trinajstić information content (AvgIpc) is 2.48. The van der Waals surface area contributed by atoms with E-state index in [1.807, 2.05) is 24.3 Å². The smallest absolute Gasteiger partial charge is 0.337 e. The summed E-state index contributed by atoms with van der Waals surface area (Å²) in [6.07, 6.45) is 2.03.